The number of hydrogen-bond donors (Lipinski definition) is 1. The minimum absolute atomic E-state index is 0.608. The van der Waals surface area contributed by atoms with E-state index in [-0.39, 0.29) is 0 Å². The highest BCUT2D eigenvalue weighted by Crippen LogP contribution is 2.21. The molecular weight excluding hydrogens is 162 g/mol. The zero-order valence-corrected chi connectivity index (χ0v) is 7.90. The lowest BCUT2D eigenvalue weighted by molar-refractivity contribution is 0.659. The summed E-state index contributed by atoms with van der Waals surface area (Å²) in [4.78, 5) is 6.59. The van der Waals surface area contributed by atoms with Gasteiger partial charge in [0.2, 0.25) is 0 Å². The van der Waals surface area contributed by atoms with E-state index < -0.39 is 0 Å². The normalized spacial score (nSPS) is 22.2. The smallest absolute Gasteiger partial charge is 0.130 e. The van der Waals surface area contributed by atoms with Crippen LogP contribution in [-0.2, 0) is 0 Å². The summed E-state index contributed by atoms with van der Waals surface area (Å²) in [5.74, 6) is 2.41. The fourth-order valence-corrected chi connectivity index (χ4v) is 1.76. The Morgan fingerprint density at radius 2 is 2.38 bits per heavy atom. The zero-order chi connectivity index (χ0) is 9.26. The van der Waals surface area contributed by atoms with E-state index in [4.69, 9.17) is 5.73 Å². The van der Waals surface area contributed by atoms with Crippen molar-refractivity contribution < 1.29 is 0 Å². The molecular formula is C10H15N3. The van der Waals surface area contributed by atoms with Crippen molar-refractivity contribution in [2.75, 3.05) is 23.7 Å². The Kier molecular flexibility index (Phi) is 2.08. The molecule has 0 amide bonds. The van der Waals surface area contributed by atoms with Gasteiger partial charge in [0.25, 0.3) is 0 Å². The van der Waals surface area contributed by atoms with Gasteiger partial charge in [0, 0.05) is 13.1 Å². The lowest BCUT2D eigenvalue weighted by atomic mass is 10.2. The lowest BCUT2D eigenvalue weighted by Gasteiger charge is -2.16. The molecule has 1 aliphatic rings. The summed E-state index contributed by atoms with van der Waals surface area (Å²) in [6, 6.07) is 5.80. The van der Waals surface area contributed by atoms with Crippen molar-refractivity contribution in [2.24, 2.45) is 5.92 Å². The van der Waals surface area contributed by atoms with Crippen molar-refractivity contribution in [2.45, 2.75) is 13.3 Å². The molecule has 1 aromatic rings. The topological polar surface area (TPSA) is 42.1 Å². The molecule has 13 heavy (non-hydrogen) atoms. The maximum atomic E-state index is 5.62. The summed E-state index contributed by atoms with van der Waals surface area (Å²) in [6.45, 7) is 4.49. The highest BCUT2D eigenvalue weighted by Gasteiger charge is 2.19. The van der Waals surface area contributed by atoms with Crippen LogP contribution in [0.1, 0.15) is 13.3 Å². The molecule has 0 saturated carbocycles. The molecule has 0 bridgehead atoms. The molecule has 2 rings (SSSR count). The number of pyridine rings is 1. The zero-order valence-electron chi connectivity index (χ0n) is 7.90. The molecule has 3 heteroatoms. The molecule has 0 radical (unpaired) electrons. The van der Waals surface area contributed by atoms with Crippen molar-refractivity contribution >= 4 is 11.6 Å². The first-order chi connectivity index (χ1) is 6.25. The third-order valence-electron chi connectivity index (χ3n) is 2.50. The molecule has 0 aromatic carbocycles. The third-order valence-corrected chi connectivity index (χ3v) is 2.50. The minimum atomic E-state index is 0.608. The Morgan fingerprint density at radius 1 is 1.54 bits per heavy atom. The van der Waals surface area contributed by atoms with E-state index in [1.807, 2.05) is 18.2 Å². The maximum Gasteiger partial charge on any atom is 0.130 e. The highest BCUT2D eigenvalue weighted by molar-refractivity contribution is 5.45. The van der Waals surface area contributed by atoms with E-state index >= 15 is 0 Å². The first-order valence-corrected chi connectivity index (χ1v) is 4.73. The molecule has 0 spiro atoms. The van der Waals surface area contributed by atoms with Crippen LogP contribution in [0.25, 0.3) is 0 Å². The Hall–Kier alpha value is -1.25. The number of hydrogen-bond acceptors (Lipinski definition) is 3. The summed E-state index contributed by atoms with van der Waals surface area (Å²) < 4.78 is 0. The predicted octanol–water partition coefficient (Wildman–Crippen LogP) is 1.51. The Labute approximate surface area is 78.6 Å². The molecule has 70 valence electrons. The molecule has 1 fully saturated rings. The van der Waals surface area contributed by atoms with Gasteiger partial charge in [-0.3, -0.25) is 0 Å². The molecule has 2 N–H and O–H groups in total. The van der Waals surface area contributed by atoms with Crippen LogP contribution in [0.3, 0.4) is 0 Å². The van der Waals surface area contributed by atoms with Crippen LogP contribution in [0.5, 0.6) is 0 Å². The van der Waals surface area contributed by atoms with Crippen LogP contribution >= 0.6 is 0 Å². The van der Waals surface area contributed by atoms with E-state index in [1.165, 1.54) is 6.42 Å². The fraction of sp³-hybridized carbons (Fsp3) is 0.500. The van der Waals surface area contributed by atoms with Gasteiger partial charge in [-0.25, -0.2) is 4.98 Å². The van der Waals surface area contributed by atoms with Crippen LogP contribution in [0.2, 0.25) is 0 Å². The summed E-state index contributed by atoms with van der Waals surface area (Å²) in [5, 5.41) is 0. The minimum Gasteiger partial charge on any atom is -0.384 e. The van der Waals surface area contributed by atoms with E-state index in [2.05, 4.69) is 16.8 Å². The van der Waals surface area contributed by atoms with Gasteiger partial charge in [-0.2, -0.15) is 0 Å². The van der Waals surface area contributed by atoms with Gasteiger partial charge in [-0.1, -0.05) is 13.0 Å². The predicted molar refractivity (Wildman–Crippen MR) is 54.6 cm³/mol. The molecule has 3 nitrogen and oxygen atoms in total. The summed E-state index contributed by atoms with van der Waals surface area (Å²) in [6.07, 6.45) is 1.26. The quantitative estimate of drug-likeness (QED) is 0.707. The average molecular weight is 177 g/mol. The van der Waals surface area contributed by atoms with Gasteiger partial charge >= 0.3 is 0 Å². The van der Waals surface area contributed by atoms with E-state index in [9.17, 15) is 0 Å². The van der Waals surface area contributed by atoms with Crippen molar-refractivity contribution in [1.82, 2.24) is 4.98 Å². The SMILES string of the molecule is C[C@H]1CCN(c2cccc(N)n2)C1. The first-order valence-electron chi connectivity index (χ1n) is 4.73. The monoisotopic (exact) mass is 177 g/mol. The Balaban J connectivity index is 2.16. The fourth-order valence-electron chi connectivity index (χ4n) is 1.76. The van der Waals surface area contributed by atoms with Crippen molar-refractivity contribution in [3.63, 3.8) is 0 Å². The largest absolute Gasteiger partial charge is 0.384 e. The number of nitrogen functional groups attached to an aromatic ring is 1. The number of nitrogens with two attached hydrogens (primary N) is 1. The van der Waals surface area contributed by atoms with Gasteiger partial charge in [-0.05, 0) is 24.5 Å². The lowest BCUT2D eigenvalue weighted by Crippen LogP contribution is -2.20. The van der Waals surface area contributed by atoms with E-state index in [1.54, 1.807) is 0 Å². The van der Waals surface area contributed by atoms with Gasteiger partial charge in [0.1, 0.15) is 11.6 Å². The van der Waals surface area contributed by atoms with Crippen molar-refractivity contribution in [3.8, 4) is 0 Å². The third kappa shape index (κ3) is 1.74. The molecule has 2 heterocycles. The van der Waals surface area contributed by atoms with Crippen molar-refractivity contribution in [3.05, 3.63) is 18.2 Å². The van der Waals surface area contributed by atoms with Gasteiger partial charge in [0.15, 0.2) is 0 Å². The second-order valence-corrected chi connectivity index (χ2v) is 3.76. The molecule has 1 aliphatic heterocycles. The first kappa shape index (κ1) is 8.35. The average Bonchev–Trinajstić information content (AvgIpc) is 2.52. The molecule has 1 saturated heterocycles. The maximum absolute atomic E-state index is 5.62. The number of nitrogens with zero attached hydrogens (tertiary/aromatic N) is 2. The summed E-state index contributed by atoms with van der Waals surface area (Å²) >= 11 is 0. The molecule has 1 atom stereocenters. The number of rotatable bonds is 1. The van der Waals surface area contributed by atoms with Crippen LogP contribution in [-0.4, -0.2) is 18.1 Å². The van der Waals surface area contributed by atoms with Gasteiger partial charge < -0.3 is 10.6 Å². The van der Waals surface area contributed by atoms with Crippen LogP contribution < -0.4 is 10.6 Å². The van der Waals surface area contributed by atoms with Crippen molar-refractivity contribution in [1.29, 1.82) is 0 Å². The van der Waals surface area contributed by atoms with Crippen LogP contribution in [0, 0.1) is 5.92 Å². The highest BCUT2D eigenvalue weighted by atomic mass is 15.2. The Morgan fingerprint density at radius 3 is 3.00 bits per heavy atom. The van der Waals surface area contributed by atoms with E-state index in [0.29, 0.717) is 5.82 Å². The summed E-state index contributed by atoms with van der Waals surface area (Å²) in [5.41, 5.74) is 5.62. The number of aromatic nitrogens is 1. The number of anilines is 2. The van der Waals surface area contributed by atoms with Crippen LogP contribution in [0.4, 0.5) is 11.6 Å². The molecule has 0 aliphatic carbocycles. The van der Waals surface area contributed by atoms with Gasteiger partial charge in [-0.15, -0.1) is 0 Å². The summed E-state index contributed by atoms with van der Waals surface area (Å²) in [7, 11) is 0. The standard InChI is InChI=1S/C10H15N3/c1-8-5-6-13(7-8)10-4-2-3-9(11)12-10/h2-4,8H,5-7H2,1H3,(H2,11,12)/t8-/m0/s1. The Bertz CT molecular complexity index is 298. The van der Waals surface area contributed by atoms with Crippen LogP contribution in [0.15, 0.2) is 18.2 Å². The molecule has 1 aromatic heterocycles. The van der Waals surface area contributed by atoms with Gasteiger partial charge in [0.05, 0.1) is 0 Å². The second-order valence-electron chi connectivity index (χ2n) is 3.76. The molecule has 0 unspecified atom stereocenters. The second kappa shape index (κ2) is 3.24. The van der Waals surface area contributed by atoms with E-state index in [0.717, 1.165) is 24.8 Å².